The topological polar surface area (TPSA) is 423 Å². The number of carbonyl (C=O) groups excluding carboxylic acids is 6. The van der Waals surface area contributed by atoms with Gasteiger partial charge in [0.05, 0.1) is 25.1 Å². The quantitative estimate of drug-likeness (QED) is 0.0203. The normalized spacial score (nSPS) is 15.2. The molecule has 1 rings (SSSR count). The zero-order chi connectivity index (χ0) is 43.8. The van der Waals surface area contributed by atoms with E-state index in [0.29, 0.717) is 31.4 Å². The molecule has 328 valence electrons. The molecule has 0 aliphatic carbocycles. The van der Waals surface area contributed by atoms with E-state index in [9.17, 15) is 48.9 Å². The number of aliphatic carboxylic acids is 1. The number of unbranched alkanes of at least 4 members (excludes halogenated alkanes) is 2. The van der Waals surface area contributed by atoms with Gasteiger partial charge in [-0.2, -0.15) is 0 Å². The third-order valence-corrected chi connectivity index (χ3v) is 8.68. The van der Waals surface area contributed by atoms with Crippen LogP contribution in [0.1, 0.15) is 70.9 Å². The Balaban J connectivity index is 3.06. The second-order valence-corrected chi connectivity index (χ2v) is 13.6. The number of carboxylic acids is 1. The van der Waals surface area contributed by atoms with Crippen molar-refractivity contribution in [2.75, 3.05) is 26.2 Å². The molecule has 0 aromatic carbocycles. The highest BCUT2D eigenvalue weighted by Crippen LogP contribution is 2.08. The molecule has 0 bridgehead atoms. The predicted molar refractivity (Wildman–Crippen MR) is 210 cm³/mol. The van der Waals surface area contributed by atoms with Gasteiger partial charge >= 0.3 is 5.97 Å². The molecule has 0 aliphatic rings. The number of carboxylic acid groups (broad SMARTS) is 1. The number of hydrogen-bond donors (Lipinski definition) is 15. The molecule has 0 radical (unpaired) electrons. The van der Waals surface area contributed by atoms with Crippen LogP contribution in [0.2, 0.25) is 0 Å². The van der Waals surface area contributed by atoms with E-state index in [1.807, 2.05) is 0 Å². The molecule has 8 atom stereocenters. The summed E-state index contributed by atoms with van der Waals surface area (Å²) >= 11 is 0. The highest BCUT2D eigenvalue weighted by atomic mass is 16.4. The van der Waals surface area contributed by atoms with Crippen LogP contribution in [0.4, 0.5) is 0 Å². The molecule has 0 spiro atoms. The molecule has 0 unspecified atom stereocenters. The first-order valence-electron chi connectivity index (χ1n) is 19.0. The lowest BCUT2D eigenvalue weighted by molar-refractivity contribution is -0.142. The second kappa shape index (κ2) is 27.2. The second-order valence-electron chi connectivity index (χ2n) is 13.6. The Bertz CT molecular complexity index is 1490. The van der Waals surface area contributed by atoms with Crippen LogP contribution in [0, 0.1) is 0 Å². The van der Waals surface area contributed by atoms with Crippen molar-refractivity contribution in [2.24, 2.45) is 33.7 Å². The number of aromatic nitrogens is 2. The SMILES string of the molecule is C[C@H](NC(=O)[C@H](CO)NC(=O)[C@@H](N)Cc1cnc[nH]1)C(=O)N[C@@H](CCCCN)C(=O)N[C@H](C(=O)N[C@@H](CCCCN)C(=O)N[C@@H](CCCN=C(N)N)C(=O)O)[C@@H](C)O. The van der Waals surface area contributed by atoms with Crippen LogP contribution >= 0.6 is 0 Å². The monoisotopic (exact) mass is 826 g/mol. The zero-order valence-electron chi connectivity index (χ0n) is 32.9. The van der Waals surface area contributed by atoms with Gasteiger partial charge < -0.3 is 80.9 Å². The van der Waals surface area contributed by atoms with Gasteiger partial charge in [0.1, 0.15) is 36.3 Å². The van der Waals surface area contributed by atoms with Crippen molar-refractivity contribution in [1.82, 2.24) is 41.9 Å². The number of nitrogens with zero attached hydrogens (tertiary/aromatic N) is 2. The molecule has 0 saturated heterocycles. The summed E-state index contributed by atoms with van der Waals surface area (Å²) in [4.78, 5) is 101. The number of aromatic amines is 1. The van der Waals surface area contributed by atoms with Crippen molar-refractivity contribution in [1.29, 1.82) is 0 Å². The summed E-state index contributed by atoms with van der Waals surface area (Å²) in [6, 6.07) is -9.46. The highest BCUT2D eigenvalue weighted by molar-refractivity contribution is 5.97. The first-order chi connectivity index (χ1) is 27.4. The Hall–Kier alpha value is -5.43. The minimum absolute atomic E-state index is 0.0248. The van der Waals surface area contributed by atoms with Gasteiger partial charge in [0.15, 0.2) is 5.96 Å². The average Bonchev–Trinajstić information content (AvgIpc) is 3.68. The third-order valence-electron chi connectivity index (χ3n) is 8.68. The lowest BCUT2D eigenvalue weighted by Gasteiger charge is -2.28. The summed E-state index contributed by atoms with van der Waals surface area (Å²) in [5, 5.41) is 44.5. The van der Waals surface area contributed by atoms with Crippen molar-refractivity contribution < 1.29 is 48.9 Å². The van der Waals surface area contributed by atoms with E-state index in [4.69, 9.17) is 28.7 Å². The van der Waals surface area contributed by atoms with Gasteiger partial charge in [-0.1, -0.05) is 0 Å². The summed E-state index contributed by atoms with van der Waals surface area (Å²) < 4.78 is 0. The molecule has 20 N–H and O–H groups in total. The van der Waals surface area contributed by atoms with E-state index >= 15 is 0 Å². The summed E-state index contributed by atoms with van der Waals surface area (Å²) in [5.41, 5.74) is 28.3. The molecule has 6 amide bonds. The molecule has 24 nitrogen and oxygen atoms in total. The zero-order valence-corrected chi connectivity index (χ0v) is 32.9. The van der Waals surface area contributed by atoms with Crippen LogP contribution in [0.3, 0.4) is 0 Å². The molecule has 58 heavy (non-hydrogen) atoms. The summed E-state index contributed by atoms with van der Waals surface area (Å²) in [5.74, 6) is -6.75. The number of nitrogens with two attached hydrogens (primary N) is 5. The van der Waals surface area contributed by atoms with Crippen LogP contribution in [0.5, 0.6) is 0 Å². The van der Waals surface area contributed by atoms with Crippen molar-refractivity contribution in [3.8, 4) is 0 Å². The fraction of sp³-hybridized carbons (Fsp3) is 0.676. The number of H-pyrrole nitrogens is 1. The fourth-order valence-electron chi connectivity index (χ4n) is 5.35. The lowest BCUT2D eigenvalue weighted by Crippen LogP contribution is -2.61. The minimum atomic E-state index is -1.65. The van der Waals surface area contributed by atoms with Crippen LogP contribution in [-0.2, 0) is 40.0 Å². The maximum atomic E-state index is 13.6. The molecule has 1 aromatic rings. The number of amides is 6. The van der Waals surface area contributed by atoms with E-state index in [1.54, 1.807) is 0 Å². The Labute approximate surface area is 336 Å². The minimum Gasteiger partial charge on any atom is -0.480 e. The summed E-state index contributed by atoms with van der Waals surface area (Å²) in [7, 11) is 0. The number of carbonyl (C=O) groups is 7. The Morgan fingerprint density at radius 3 is 1.74 bits per heavy atom. The fourth-order valence-corrected chi connectivity index (χ4v) is 5.35. The van der Waals surface area contributed by atoms with Gasteiger partial charge in [-0.15, -0.1) is 0 Å². The molecule has 1 aromatic heterocycles. The van der Waals surface area contributed by atoms with Gasteiger partial charge in [-0.3, -0.25) is 33.8 Å². The number of nitrogens with one attached hydrogen (secondary N) is 7. The van der Waals surface area contributed by atoms with Crippen LogP contribution < -0.4 is 60.6 Å². The number of aliphatic hydroxyl groups excluding tert-OH is 2. The van der Waals surface area contributed by atoms with E-state index in [2.05, 4.69) is 46.9 Å². The van der Waals surface area contributed by atoms with Gasteiger partial charge in [-0.25, -0.2) is 9.78 Å². The van der Waals surface area contributed by atoms with Gasteiger partial charge in [0.2, 0.25) is 35.4 Å². The third kappa shape index (κ3) is 19.1. The van der Waals surface area contributed by atoms with Crippen LogP contribution in [0.25, 0.3) is 0 Å². The molecule has 24 heteroatoms. The molecular weight excluding hydrogens is 764 g/mol. The lowest BCUT2D eigenvalue weighted by atomic mass is 10.0. The van der Waals surface area contributed by atoms with Crippen LogP contribution in [0.15, 0.2) is 17.5 Å². The number of imidazole rings is 1. The number of aliphatic hydroxyl groups is 2. The maximum Gasteiger partial charge on any atom is 0.326 e. The maximum absolute atomic E-state index is 13.6. The van der Waals surface area contributed by atoms with Crippen molar-refractivity contribution in [3.63, 3.8) is 0 Å². The van der Waals surface area contributed by atoms with Crippen molar-refractivity contribution >= 4 is 47.4 Å². The van der Waals surface area contributed by atoms with Gasteiger partial charge in [-0.05, 0) is 78.3 Å². The Morgan fingerprint density at radius 1 is 0.724 bits per heavy atom. The highest BCUT2D eigenvalue weighted by Gasteiger charge is 2.34. The van der Waals surface area contributed by atoms with E-state index in [1.165, 1.54) is 26.4 Å². The molecular formula is C34H62N14O10. The molecule has 0 saturated carbocycles. The number of aliphatic imine (C=N–C) groups is 1. The standard InChI is InChI=1S/C34H62N14O10/c1-18(43-31(55)25(16-49)47-28(52)21(37)14-20-15-40-17-42-20)27(51)44-23(9-4-6-12-36)30(54)48-26(19(2)50)32(56)45-22(8-3-5-11-35)29(53)46-24(33(57)58)10-7-13-41-34(38)39/h15,17-19,21-26,49-50H,3-14,16,35-37H2,1-2H3,(H,40,42)(H,43,55)(H,44,51)(H,45,56)(H,46,53)(H,47,52)(H,48,54)(H,57,58)(H4,38,39,41)/t18-,19+,21-,22-,23-,24-,25-,26-/m0/s1. The Morgan fingerprint density at radius 2 is 1.24 bits per heavy atom. The van der Waals surface area contributed by atoms with Gasteiger partial charge in [0, 0.05) is 24.9 Å². The number of hydrogen-bond acceptors (Lipinski definition) is 14. The summed E-state index contributed by atoms with van der Waals surface area (Å²) in [6.45, 7) is 2.33. The molecule has 0 fully saturated rings. The predicted octanol–water partition coefficient (Wildman–Crippen LogP) is -6.02. The van der Waals surface area contributed by atoms with E-state index < -0.39 is 96.4 Å². The first-order valence-corrected chi connectivity index (χ1v) is 19.0. The van der Waals surface area contributed by atoms with Gasteiger partial charge in [0.25, 0.3) is 0 Å². The number of rotatable bonds is 29. The number of guanidine groups is 1. The average molecular weight is 827 g/mol. The Kier molecular flexibility index (Phi) is 23.8. The van der Waals surface area contributed by atoms with E-state index in [-0.39, 0.29) is 57.7 Å². The molecule has 1 heterocycles. The van der Waals surface area contributed by atoms with Crippen LogP contribution in [-0.4, -0.2) is 147 Å². The van der Waals surface area contributed by atoms with Crippen molar-refractivity contribution in [2.45, 2.75) is 120 Å². The largest absolute Gasteiger partial charge is 0.480 e. The van der Waals surface area contributed by atoms with E-state index in [0.717, 1.165) is 0 Å². The smallest absolute Gasteiger partial charge is 0.326 e. The first kappa shape index (κ1) is 50.6. The molecule has 0 aliphatic heterocycles. The van der Waals surface area contributed by atoms with Crippen molar-refractivity contribution in [3.05, 3.63) is 18.2 Å². The summed E-state index contributed by atoms with van der Waals surface area (Å²) in [6.07, 6.45) is 3.30.